The summed E-state index contributed by atoms with van der Waals surface area (Å²) in [7, 11) is 0. The van der Waals surface area contributed by atoms with Crippen LogP contribution in [0.5, 0.6) is 0 Å². The summed E-state index contributed by atoms with van der Waals surface area (Å²) in [6, 6.07) is 0. The van der Waals surface area contributed by atoms with E-state index in [-0.39, 0.29) is 38.4 Å². The normalized spacial score (nSPS) is 12.6. The molecule has 0 spiro atoms. The second-order valence-electron chi connectivity index (χ2n) is 1.09. The predicted octanol–water partition coefficient (Wildman–Crippen LogP) is -0.745. The van der Waals surface area contributed by atoms with Crippen molar-refractivity contribution in [2.75, 3.05) is 0 Å². The molecule has 0 aromatic heterocycles. The largest absolute Gasteiger partial charge is 1.00 e. The Bertz CT molecular complexity index is 66.6. The van der Waals surface area contributed by atoms with E-state index in [0.29, 0.717) is 0 Å². The van der Waals surface area contributed by atoms with Crippen molar-refractivity contribution >= 4 is 0 Å². The van der Waals surface area contributed by atoms with Gasteiger partial charge in [-0.25, -0.2) is 0 Å². The van der Waals surface area contributed by atoms with Crippen molar-refractivity contribution in [1.82, 2.24) is 0 Å². The van der Waals surface area contributed by atoms with Gasteiger partial charge in [-0.05, 0) is 6.42 Å². The molecule has 0 saturated heterocycles. The Morgan fingerprint density at radius 2 is 1.57 bits per heavy atom. The number of allylic oxidation sites excluding steroid dienone is 4. The smallest absolute Gasteiger partial charge is 1.00 e. The molecular weight excluding hydrogens is 95.1 g/mol. The van der Waals surface area contributed by atoms with Crippen molar-refractivity contribution in [2.45, 2.75) is 13.8 Å². The molecule has 0 amide bonds. The minimum Gasteiger partial charge on any atom is -1.00 e. The van der Waals surface area contributed by atoms with Gasteiger partial charge in [0.15, 0.2) is 0 Å². The van der Waals surface area contributed by atoms with Crippen LogP contribution >= 0.6 is 0 Å². The van der Waals surface area contributed by atoms with Crippen molar-refractivity contribution in [3.63, 3.8) is 0 Å². The van der Waals surface area contributed by atoms with E-state index in [1.54, 1.807) is 0 Å². The van der Waals surface area contributed by atoms with Gasteiger partial charge >= 0.3 is 29.6 Å². The first-order valence-corrected chi connectivity index (χ1v) is 1.82. The third kappa shape index (κ3) is 4.33. The standard InChI is InChI=1S/C5H6.CH4.Na.H/c1-2-4-5-3-1;;;/h1-4H,5H2;1H4;;/q;;+1;-1. The maximum Gasteiger partial charge on any atom is 1.00 e. The van der Waals surface area contributed by atoms with E-state index >= 15 is 0 Å². The topological polar surface area (TPSA) is 0 Å². The third-order valence-corrected chi connectivity index (χ3v) is 0.655. The number of rotatable bonds is 0. The van der Waals surface area contributed by atoms with Gasteiger partial charge in [0.2, 0.25) is 0 Å². The molecule has 0 atom stereocenters. The molecule has 0 aliphatic heterocycles. The molecule has 1 aliphatic rings. The SMILES string of the molecule is C.C1=CCC=C1.[H-].[Na+]. The van der Waals surface area contributed by atoms with Crippen LogP contribution in [-0.2, 0) is 0 Å². The molecule has 36 valence electrons. The summed E-state index contributed by atoms with van der Waals surface area (Å²) >= 11 is 0. The Balaban J connectivity index is -0.0000000833. The fraction of sp³-hybridized carbons (Fsp3) is 0.333. The molecular formula is C6H11Na. The van der Waals surface area contributed by atoms with Gasteiger partial charge in [-0.2, -0.15) is 0 Å². The Kier molecular flexibility index (Phi) is 9.68. The van der Waals surface area contributed by atoms with Crippen molar-refractivity contribution in [3.05, 3.63) is 24.3 Å². The average Bonchev–Trinajstić information content (AvgIpc) is 1.76. The van der Waals surface area contributed by atoms with Gasteiger partial charge in [0.25, 0.3) is 0 Å². The molecule has 0 aromatic carbocycles. The van der Waals surface area contributed by atoms with E-state index in [9.17, 15) is 0 Å². The maximum atomic E-state index is 2.12. The van der Waals surface area contributed by atoms with Gasteiger partial charge in [0.1, 0.15) is 0 Å². The zero-order valence-corrected chi connectivity index (χ0v) is 6.02. The first-order chi connectivity index (χ1) is 2.50. The van der Waals surface area contributed by atoms with E-state index in [4.69, 9.17) is 0 Å². The summed E-state index contributed by atoms with van der Waals surface area (Å²) in [6.45, 7) is 0. The zero-order valence-electron chi connectivity index (χ0n) is 5.02. The average molecular weight is 106 g/mol. The summed E-state index contributed by atoms with van der Waals surface area (Å²) < 4.78 is 0. The van der Waals surface area contributed by atoms with Gasteiger partial charge in [0, 0.05) is 0 Å². The molecule has 1 rings (SSSR count). The molecule has 1 heteroatoms. The van der Waals surface area contributed by atoms with E-state index in [1.807, 2.05) is 0 Å². The molecule has 0 bridgehead atoms. The van der Waals surface area contributed by atoms with Crippen LogP contribution in [0.15, 0.2) is 24.3 Å². The van der Waals surface area contributed by atoms with Crippen LogP contribution in [0.4, 0.5) is 0 Å². The quantitative estimate of drug-likeness (QED) is 0.357. The fourth-order valence-electron chi connectivity index (χ4n) is 0.393. The van der Waals surface area contributed by atoms with Gasteiger partial charge in [-0.3, -0.25) is 0 Å². The summed E-state index contributed by atoms with van der Waals surface area (Å²) in [6.07, 6.45) is 9.50. The summed E-state index contributed by atoms with van der Waals surface area (Å²) in [5.41, 5.74) is 0. The number of hydrogen-bond donors (Lipinski definition) is 0. The second-order valence-corrected chi connectivity index (χ2v) is 1.09. The molecule has 0 saturated carbocycles. The minimum absolute atomic E-state index is 0. The van der Waals surface area contributed by atoms with Crippen LogP contribution in [0, 0.1) is 0 Å². The van der Waals surface area contributed by atoms with Crippen molar-refractivity contribution < 1.29 is 31.0 Å². The van der Waals surface area contributed by atoms with E-state index in [0.717, 1.165) is 6.42 Å². The minimum atomic E-state index is 0. The predicted molar refractivity (Wildman–Crippen MR) is 30.7 cm³/mol. The van der Waals surface area contributed by atoms with Crippen molar-refractivity contribution in [3.8, 4) is 0 Å². The van der Waals surface area contributed by atoms with Crippen molar-refractivity contribution in [2.24, 2.45) is 0 Å². The first-order valence-electron chi connectivity index (χ1n) is 1.82. The van der Waals surface area contributed by atoms with Crippen LogP contribution in [0.25, 0.3) is 0 Å². The monoisotopic (exact) mass is 106 g/mol. The summed E-state index contributed by atoms with van der Waals surface area (Å²) in [5, 5.41) is 0. The first kappa shape index (κ1) is 10.5. The van der Waals surface area contributed by atoms with E-state index in [1.165, 1.54) is 0 Å². The Morgan fingerprint density at radius 3 is 1.71 bits per heavy atom. The van der Waals surface area contributed by atoms with Gasteiger partial charge in [-0.1, -0.05) is 31.7 Å². The maximum absolute atomic E-state index is 2.12. The Morgan fingerprint density at radius 1 is 1.14 bits per heavy atom. The van der Waals surface area contributed by atoms with E-state index in [2.05, 4.69) is 24.3 Å². The molecule has 0 N–H and O–H groups in total. The Hall–Kier alpha value is 0.480. The molecule has 0 fully saturated rings. The molecule has 0 unspecified atom stereocenters. The zero-order chi connectivity index (χ0) is 3.54. The molecule has 0 aromatic rings. The van der Waals surface area contributed by atoms with Gasteiger partial charge < -0.3 is 1.43 Å². The van der Waals surface area contributed by atoms with Crippen LogP contribution in [0.2, 0.25) is 0 Å². The van der Waals surface area contributed by atoms with Gasteiger partial charge in [-0.15, -0.1) is 0 Å². The molecule has 7 heavy (non-hydrogen) atoms. The molecule has 0 heterocycles. The molecule has 0 radical (unpaired) electrons. The van der Waals surface area contributed by atoms with Crippen LogP contribution in [0.3, 0.4) is 0 Å². The molecule has 1 aliphatic carbocycles. The van der Waals surface area contributed by atoms with E-state index < -0.39 is 0 Å². The van der Waals surface area contributed by atoms with Crippen LogP contribution in [0.1, 0.15) is 15.3 Å². The van der Waals surface area contributed by atoms with Crippen LogP contribution < -0.4 is 29.6 Å². The molecule has 0 nitrogen and oxygen atoms in total. The number of hydrogen-bond acceptors (Lipinski definition) is 0. The summed E-state index contributed by atoms with van der Waals surface area (Å²) in [4.78, 5) is 0. The van der Waals surface area contributed by atoms with Gasteiger partial charge in [0.05, 0.1) is 0 Å². The van der Waals surface area contributed by atoms with Crippen molar-refractivity contribution in [1.29, 1.82) is 0 Å². The third-order valence-electron chi connectivity index (χ3n) is 0.655. The summed E-state index contributed by atoms with van der Waals surface area (Å²) in [5.74, 6) is 0. The Labute approximate surface area is 69.1 Å². The second kappa shape index (κ2) is 6.48. The fourth-order valence-corrected chi connectivity index (χ4v) is 0.393. The van der Waals surface area contributed by atoms with Crippen LogP contribution in [-0.4, -0.2) is 0 Å².